The van der Waals surface area contributed by atoms with E-state index in [1.165, 1.54) is 23.5 Å². The average Bonchev–Trinajstić information content (AvgIpc) is 2.86. The second-order valence-corrected chi connectivity index (χ2v) is 10.2. The van der Waals surface area contributed by atoms with Gasteiger partial charge < -0.3 is 14.8 Å². The van der Waals surface area contributed by atoms with Gasteiger partial charge in [-0.25, -0.2) is 8.42 Å². The fourth-order valence-electron chi connectivity index (χ4n) is 3.87. The first-order chi connectivity index (χ1) is 16.3. The van der Waals surface area contributed by atoms with Gasteiger partial charge in [0.2, 0.25) is 0 Å². The van der Waals surface area contributed by atoms with E-state index in [0.29, 0.717) is 23.7 Å². The second kappa shape index (κ2) is 9.77. The van der Waals surface area contributed by atoms with Crippen LogP contribution in [0.1, 0.15) is 24.0 Å². The Labute approximate surface area is 200 Å². The summed E-state index contributed by atoms with van der Waals surface area (Å²) in [7, 11) is -2.42. The molecule has 3 aromatic rings. The number of methoxy groups -OCH3 is 1. The number of carbonyl (C=O) groups excluding carboxylic acids is 1. The van der Waals surface area contributed by atoms with Gasteiger partial charge in [-0.1, -0.05) is 43.3 Å². The lowest BCUT2D eigenvalue weighted by molar-refractivity contribution is -0.127. The highest BCUT2D eigenvalue weighted by Gasteiger charge is 2.37. The number of hydrogen-bond acceptors (Lipinski definition) is 5. The van der Waals surface area contributed by atoms with Crippen LogP contribution in [0.15, 0.2) is 77.7 Å². The number of anilines is 1. The number of sulfonamides is 1. The minimum absolute atomic E-state index is 0.0995. The summed E-state index contributed by atoms with van der Waals surface area (Å²) in [6.07, 6.45) is -0.981. The van der Waals surface area contributed by atoms with Crippen LogP contribution in [-0.4, -0.2) is 40.6 Å². The van der Waals surface area contributed by atoms with Crippen LogP contribution in [0.3, 0.4) is 0 Å². The molecule has 178 valence electrons. The number of hydrogen-bond donors (Lipinski definition) is 1. The van der Waals surface area contributed by atoms with Crippen LogP contribution in [0.2, 0.25) is 0 Å². The van der Waals surface area contributed by atoms with Gasteiger partial charge in [-0.05, 0) is 60.4 Å². The number of aryl methyl sites for hydroxylation is 1. The van der Waals surface area contributed by atoms with Crippen LogP contribution < -0.4 is 19.1 Å². The average molecular weight is 481 g/mol. The Hall–Kier alpha value is -3.52. The van der Waals surface area contributed by atoms with Crippen molar-refractivity contribution in [1.82, 2.24) is 5.32 Å². The Bertz CT molecular complexity index is 1260. The fraction of sp³-hybridized carbons (Fsp3) is 0.269. The lowest BCUT2D eigenvalue weighted by Crippen LogP contribution is -2.51. The summed E-state index contributed by atoms with van der Waals surface area (Å²) in [5, 5.41) is 2.92. The molecule has 2 atom stereocenters. The highest BCUT2D eigenvalue weighted by Crippen LogP contribution is 2.38. The first kappa shape index (κ1) is 23.6. The number of carbonyl (C=O) groups is 1. The SMILES string of the molecule is COc1ccc(S(=O)(=O)N2C[C@H](C(=O)NC[C@H](C)c3ccccc3)Oc3cc(C)ccc32)cc1. The third-order valence-corrected chi connectivity index (χ3v) is 7.67. The van der Waals surface area contributed by atoms with Crippen molar-refractivity contribution < 1.29 is 22.7 Å². The maximum Gasteiger partial charge on any atom is 0.264 e. The van der Waals surface area contributed by atoms with Crippen molar-refractivity contribution in [2.75, 3.05) is 24.5 Å². The standard InChI is InChI=1S/C26H28N2O5S/c1-18-9-14-23-24(15-18)33-25(26(29)27-16-19(2)20-7-5-4-6-8-20)17-28(23)34(30,31)22-12-10-21(32-3)11-13-22/h4-15,19,25H,16-17H2,1-3H3,(H,27,29)/t19-,25+/m0/s1. The zero-order valence-corrected chi connectivity index (χ0v) is 20.2. The first-order valence-corrected chi connectivity index (χ1v) is 12.5. The van der Waals surface area contributed by atoms with Crippen molar-refractivity contribution in [1.29, 1.82) is 0 Å². The Kier molecular flexibility index (Phi) is 6.79. The quantitative estimate of drug-likeness (QED) is 0.555. The normalized spacial score (nSPS) is 16.2. The molecule has 0 aliphatic carbocycles. The summed E-state index contributed by atoms with van der Waals surface area (Å²) in [5.41, 5.74) is 2.42. The predicted octanol–water partition coefficient (Wildman–Crippen LogP) is 3.88. The van der Waals surface area contributed by atoms with E-state index in [1.54, 1.807) is 24.3 Å². The van der Waals surface area contributed by atoms with Crippen LogP contribution in [-0.2, 0) is 14.8 Å². The highest BCUT2D eigenvalue weighted by atomic mass is 32.2. The lowest BCUT2D eigenvalue weighted by Gasteiger charge is -2.35. The van der Waals surface area contributed by atoms with E-state index in [4.69, 9.17) is 9.47 Å². The molecule has 1 heterocycles. The van der Waals surface area contributed by atoms with Gasteiger partial charge in [-0.15, -0.1) is 0 Å². The van der Waals surface area contributed by atoms with Gasteiger partial charge in [0.15, 0.2) is 6.10 Å². The van der Waals surface area contributed by atoms with Gasteiger partial charge in [0.25, 0.3) is 15.9 Å². The maximum absolute atomic E-state index is 13.6. The zero-order chi connectivity index (χ0) is 24.3. The number of nitrogens with one attached hydrogen (secondary N) is 1. The largest absolute Gasteiger partial charge is 0.497 e. The molecule has 1 N–H and O–H groups in total. The van der Waals surface area contributed by atoms with Gasteiger partial charge in [-0.2, -0.15) is 0 Å². The van der Waals surface area contributed by atoms with E-state index >= 15 is 0 Å². The van der Waals surface area contributed by atoms with Crippen LogP contribution >= 0.6 is 0 Å². The molecule has 0 saturated carbocycles. The molecule has 4 rings (SSSR count). The Morgan fingerprint density at radius 1 is 1.12 bits per heavy atom. The van der Waals surface area contributed by atoms with Crippen LogP contribution in [0.4, 0.5) is 5.69 Å². The molecule has 0 radical (unpaired) electrons. The van der Waals surface area contributed by atoms with E-state index in [9.17, 15) is 13.2 Å². The Balaban J connectivity index is 1.58. The molecule has 1 amide bonds. The van der Waals surface area contributed by atoms with Crippen molar-refractivity contribution in [3.8, 4) is 11.5 Å². The van der Waals surface area contributed by atoms with E-state index < -0.39 is 16.1 Å². The summed E-state index contributed by atoms with van der Waals surface area (Å²) >= 11 is 0. The first-order valence-electron chi connectivity index (χ1n) is 11.1. The van der Waals surface area contributed by atoms with Crippen LogP contribution in [0.5, 0.6) is 11.5 Å². The number of ether oxygens (including phenoxy) is 2. The van der Waals surface area contributed by atoms with Crippen molar-refractivity contribution in [2.24, 2.45) is 0 Å². The van der Waals surface area contributed by atoms with Crippen LogP contribution in [0, 0.1) is 6.92 Å². The summed E-state index contributed by atoms with van der Waals surface area (Å²) in [5.74, 6) is 0.661. The van der Waals surface area contributed by atoms with Crippen molar-refractivity contribution in [2.45, 2.75) is 30.8 Å². The molecule has 0 bridgehead atoms. The molecule has 3 aromatic carbocycles. The Morgan fingerprint density at radius 3 is 2.50 bits per heavy atom. The minimum atomic E-state index is -3.94. The molecule has 34 heavy (non-hydrogen) atoms. The number of nitrogens with zero attached hydrogens (tertiary/aromatic N) is 1. The zero-order valence-electron chi connectivity index (χ0n) is 19.4. The third-order valence-electron chi connectivity index (χ3n) is 5.88. The molecular formula is C26H28N2O5S. The van der Waals surface area contributed by atoms with E-state index in [2.05, 4.69) is 5.32 Å². The predicted molar refractivity (Wildman–Crippen MR) is 131 cm³/mol. The molecular weight excluding hydrogens is 452 g/mol. The molecule has 0 saturated heterocycles. The topological polar surface area (TPSA) is 84.9 Å². The molecule has 7 nitrogen and oxygen atoms in total. The highest BCUT2D eigenvalue weighted by molar-refractivity contribution is 7.92. The number of amides is 1. The van der Waals surface area contributed by atoms with Crippen molar-refractivity contribution >= 4 is 21.6 Å². The van der Waals surface area contributed by atoms with Gasteiger partial charge in [0, 0.05) is 6.54 Å². The number of benzene rings is 3. The van der Waals surface area contributed by atoms with Gasteiger partial charge in [-0.3, -0.25) is 9.10 Å². The lowest BCUT2D eigenvalue weighted by atomic mass is 10.0. The molecule has 0 unspecified atom stereocenters. The monoisotopic (exact) mass is 480 g/mol. The molecule has 8 heteroatoms. The smallest absolute Gasteiger partial charge is 0.264 e. The van der Waals surface area contributed by atoms with Gasteiger partial charge >= 0.3 is 0 Å². The van der Waals surface area contributed by atoms with Gasteiger partial charge in [0.05, 0.1) is 24.2 Å². The summed E-state index contributed by atoms with van der Waals surface area (Å²) in [6, 6.07) is 21.3. The molecule has 0 spiro atoms. The number of fused-ring (bicyclic) bond motifs is 1. The molecule has 1 aliphatic rings. The van der Waals surface area contributed by atoms with E-state index in [0.717, 1.165) is 11.1 Å². The third kappa shape index (κ3) is 4.87. The maximum atomic E-state index is 13.6. The summed E-state index contributed by atoms with van der Waals surface area (Å²) in [6.45, 7) is 4.19. The molecule has 1 aliphatic heterocycles. The molecule has 0 aromatic heterocycles. The molecule has 0 fully saturated rings. The van der Waals surface area contributed by atoms with Gasteiger partial charge in [0.1, 0.15) is 11.5 Å². The van der Waals surface area contributed by atoms with Crippen molar-refractivity contribution in [3.05, 3.63) is 83.9 Å². The van der Waals surface area contributed by atoms with Crippen LogP contribution in [0.25, 0.3) is 0 Å². The van der Waals surface area contributed by atoms with Crippen molar-refractivity contribution in [3.63, 3.8) is 0 Å². The summed E-state index contributed by atoms with van der Waals surface area (Å²) in [4.78, 5) is 13.2. The minimum Gasteiger partial charge on any atom is -0.497 e. The van der Waals surface area contributed by atoms with E-state index in [1.807, 2.05) is 50.2 Å². The Morgan fingerprint density at radius 2 is 1.82 bits per heavy atom. The van der Waals surface area contributed by atoms with E-state index in [-0.39, 0.29) is 23.3 Å². The summed E-state index contributed by atoms with van der Waals surface area (Å²) < 4.78 is 39.5. The fourth-order valence-corrected chi connectivity index (χ4v) is 5.34. The number of rotatable bonds is 7. The second-order valence-electron chi connectivity index (χ2n) is 8.35.